The van der Waals surface area contributed by atoms with E-state index in [1.54, 1.807) is 0 Å². The number of nitrogens with two attached hydrogens (primary N) is 3. The molecule has 22 heavy (non-hydrogen) atoms. The molecule has 0 saturated heterocycles. The summed E-state index contributed by atoms with van der Waals surface area (Å²) in [4.78, 5) is 27.2. The first-order valence-electron chi connectivity index (χ1n) is 5.37. The normalized spacial score (nSPS) is 8.18. The molecule has 0 aliphatic carbocycles. The largest absolute Gasteiger partial charge is 0.329 e. The summed E-state index contributed by atoms with van der Waals surface area (Å²) in [7, 11) is 0. The van der Waals surface area contributed by atoms with Gasteiger partial charge in [-0.15, -0.1) is 30.3 Å². The zero-order valence-corrected chi connectivity index (χ0v) is 11.6. The van der Waals surface area contributed by atoms with Crippen molar-refractivity contribution in [1.82, 2.24) is 4.90 Å². The molecule has 0 aliphatic heterocycles. The van der Waals surface area contributed by atoms with E-state index in [9.17, 15) is 0 Å². The monoisotopic (exact) mass is 335 g/mol. The fraction of sp³-hybridized carbons (Fsp3) is 1.00. The topological polar surface area (TPSA) is 271 Å². The van der Waals surface area contributed by atoms with Crippen molar-refractivity contribution in [2.75, 3.05) is 39.3 Å². The minimum Gasteiger partial charge on any atom is -0.329 e. The molecule has 0 bridgehead atoms. The van der Waals surface area contributed by atoms with E-state index in [1.165, 1.54) is 0 Å². The average molecular weight is 335 g/mol. The molecule has 0 aromatic carbocycles. The first-order valence-corrected chi connectivity index (χ1v) is 5.37. The van der Waals surface area contributed by atoms with Crippen molar-refractivity contribution in [1.29, 1.82) is 0 Å². The van der Waals surface area contributed by atoms with Gasteiger partial charge in [-0.3, -0.25) is 4.90 Å². The van der Waals surface area contributed by atoms with E-state index in [4.69, 9.17) is 63.2 Å². The van der Waals surface area contributed by atoms with Gasteiger partial charge < -0.3 is 32.8 Å². The second-order valence-electron chi connectivity index (χ2n) is 2.92. The third-order valence-corrected chi connectivity index (χ3v) is 1.34. The lowest BCUT2D eigenvalue weighted by Gasteiger charge is -2.18. The van der Waals surface area contributed by atoms with Crippen molar-refractivity contribution < 1.29 is 30.9 Å². The lowest BCUT2D eigenvalue weighted by Crippen LogP contribution is -2.37. The second kappa shape index (κ2) is 23.5. The number of rotatable bonds is 6. The van der Waals surface area contributed by atoms with Gasteiger partial charge in [-0.1, -0.05) is 0 Å². The van der Waals surface area contributed by atoms with Crippen molar-refractivity contribution in [2.45, 2.75) is 0 Å². The smallest absolute Gasteiger partial charge is 0.291 e. The summed E-state index contributed by atoms with van der Waals surface area (Å²) in [6.45, 7) is 4.73. The Balaban J connectivity index is -0.000000112. The minimum atomic E-state index is -1.50. The molecule has 0 rings (SSSR count). The summed E-state index contributed by atoms with van der Waals surface area (Å²) >= 11 is 0. The van der Waals surface area contributed by atoms with Gasteiger partial charge in [-0.25, -0.2) is 0 Å². The molecule has 0 aromatic rings. The maximum atomic E-state index is 8.36. The second-order valence-corrected chi connectivity index (χ2v) is 2.92. The Bertz CT molecular complexity index is 224. The molecule has 134 valence electrons. The average Bonchev–Trinajstić information content (AvgIpc) is 2.27. The lowest BCUT2D eigenvalue weighted by molar-refractivity contribution is -0.742. The highest BCUT2D eigenvalue weighted by atomic mass is 16.9. The van der Waals surface area contributed by atoms with Gasteiger partial charge in [-0.05, 0) is 0 Å². The maximum Gasteiger partial charge on any atom is 0.291 e. The summed E-state index contributed by atoms with van der Waals surface area (Å²) in [5.74, 6) is 0. The molecule has 0 fully saturated rings. The molecule has 0 aliphatic rings. The van der Waals surface area contributed by atoms with Gasteiger partial charge >= 0.3 is 0 Å². The predicted octanol–water partition coefficient (Wildman–Crippen LogP) is -2.88. The van der Waals surface area contributed by atoms with Gasteiger partial charge in [0, 0.05) is 39.3 Å². The Hall–Kier alpha value is -2.56. The van der Waals surface area contributed by atoms with Crippen LogP contribution in [0.25, 0.3) is 0 Å². The third kappa shape index (κ3) is 114. The van der Waals surface area contributed by atoms with Crippen LogP contribution in [0.4, 0.5) is 0 Å². The first-order chi connectivity index (χ1) is 10.0. The molecule has 0 amide bonds. The molecular formula is C6H21N7O9. The van der Waals surface area contributed by atoms with Crippen LogP contribution in [0.2, 0.25) is 0 Å². The van der Waals surface area contributed by atoms with E-state index in [0.717, 1.165) is 19.6 Å². The van der Waals surface area contributed by atoms with Crippen LogP contribution in [0.5, 0.6) is 0 Å². The van der Waals surface area contributed by atoms with Crippen LogP contribution in [0.1, 0.15) is 0 Å². The summed E-state index contributed by atoms with van der Waals surface area (Å²) in [5.41, 5.74) is 16.1. The highest BCUT2D eigenvalue weighted by molar-refractivity contribution is 4.58. The summed E-state index contributed by atoms with van der Waals surface area (Å²) in [6.07, 6.45) is 0. The molecular weight excluding hydrogens is 314 g/mol. The Kier molecular flexibility index (Phi) is 29.7. The zero-order chi connectivity index (χ0) is 18.6. The number of nitrogens with zero attached hydrogens (tertiary/aromatic N) is 4. The predicted molar refractivity (Wildman–Crippen MR) is 69.9 cm³/mol. The van der Waals surface area contributed by atoms with Gasteiger partial charge in [0.15, 0.2) is 0 Å². The highest BCUT2D eigenvalue weighted by Gasteiger charge is 1.98. The molecule has 9 N–H and O–H groups in total. The quantitative estimate of drug-likeness (QED) is 0.210. The van der Waals surface area contributed by atoms with Crippen LogP contribution < -0.4 is 17.2 Å². The minimum absolute atomic E-state index is 0.681. The van der Waals surface area contributed by atoms with E-state index in [-0.39, 0.29) is 0 Å². The third-order valence-electron chi connectivity index (χ3n) is 1.34. The maximum absolute atomic E-state index is 8.36. The van der Waals surface area contributed by atoms with Gasteiger partial charge in [0.1, 0.15) is 0 Å². The van der Waals surface area contributed by atoms with Crippen LogP contribution in [0.3, 0.4) is 0 Å². The van der Waals surface area contributed by atoms with Crippen molar-refractivity contribution in [2.24, 2.45) is 17.2 Å². The van der Waals surface area contributed by atoms with Crippen LogP contribution in [0.15, 0.2) is 0 Å². The fourth-order valence-corrected chi connectivity index (χ4v) is 0.883. The van der Waals surface area contributed by atoms with E-state index >= 15 is 0 Å². The van der Waals surface area contributed by atoms with E-state index in [1.807, 2.05) is 0 Å². The fourth-order valence-electron chi connectivity index (χ4n) is 0.883. The zero-order valence-electron chi connectivity index (χ0n) is 11.6. The molecule has 0 saturated carbocycles. The van der Waals surface area contributed by atoms with Gasteiger partial charge in [0.25, 0.3) is 15.3 Å². The SMILES string of the molecule is NCCN(CCN)CCN.O=[N+]([O-])O.O=[N+]([O-])O.O=[N+]([O-])O. The van der Waals surface area contributed by atoms with E-state index < -0.39 is 15.3 Å². The summed E-state index contributed by atoms with van der Waals surface area (Å²) < 4.78 is 0. The van der Waals surface area contributed by atoms with Crippen LogP contribution >= 0.6 is 0 Å². The summed E-state index contributed by atoms with van der Waals surface area (Å²) in [6, 6.07) is 0. The van der Waals surface area contributed by atoms with Crippen molar-refractivity contribution in [3.8, 4) is 0 Å². The number of hydrogen-bond acceptors (Lipinski definition) is 10. The van der Waals surface area contributed by atoms with Crippen LogP contribution in [0, 0.1) is 30.3 Å². The Morgan fingerprint density at radius 2 is 0.818 bits per heavy atom. The van der Waals surface area contributed by atoms with E-state index in [0.29, 0.717) is 19.6 Å². The van der Waals surface area contributed by atoms with Crippen molar-refractivity contribution >= 4 is 0 Å². The molecule has 0 unspecified atom stereocenters. The van der Waals surface area contributed by atoms with Gasteiger partial charge in [0.2, 0.25) is 0 Å². The van der Waals surface area contributed by atoms with Crippen molar-refractivity contribution in [3.05, 3.63) is 30.3 Å². The standard InChI is InChI=1S/C6H18N4.3HNO3/c7-1-4-10(5-2-8)6-3-9;3*2-1(3)4/h1-9H2;3*(H,2,3,4). The molecule has 0 heterocycles. The van der Waals surface area contributed by atoms with E-state index in [2.05, 4.69) is 4.90 Å². The Labute approximate surface area is 124 Å². The van der Waals surface area contributed by atoms with Gasteiger partial charge in [0.05, 0.1) is 0 Å². The van der Waals surface area contributed by atoms with Crippen LogP contribution in [-0.4, -0.2) is 75.1 Å². The number of hydrogen-bond donors (Lipinski definition) is 6. The highest BCUT2D eigenvalue weighted by Crippen LogP contribution is 1.81. The molecule has 0 radical (unpaired) electrons. The Morgan fingerprint density at radius 1 is 0.682 bits per heavy atom. The first kappa shape index (κ1) is 27.7. The van der Waals surface area contributed by atoms with Crippen LogP contribution in [-0.2, 0) is 0 Å². The summed E-state index contributed by atoms with van der Waals surface area (Å²) in [5, 5.41) is 40.9. The molecule has 0 aromatic heterocycles. The molecule has 16 nitrogen and oxygen atoms in total. The van der Waals surface area contributed by atoms with Crippen molar-refractivity contribution in [3.63, 3.8) is 0 Å². The Morgan fingerprint density at radius 3 is 0.909 bits per heavy atom. The molecule has 0 spiro atoms. The molecule has 16 heteroatoms. The van der Waals surface area contributed by atoms with Gasteiger partial charge in [-0.2, -0.15) is 0 Å². The molecule has 0 atom stereocenters. The lowest BCUT2D eigenvalue weighted by atomic mass is 10.4.